The quantitative estimate of drug-likeness (QED) is 0.918. The van der Waals surface area contributed by atoms with Gasteiger partial charge in [0.25, 0.3) is 5.91 Å². The number of hydrogen-bond acceptors (Lipinski definition) is 2. The molecule has 1 aliphatic carbocycles. The van der Waals surface area contributed by atoms with Crippen molar-refractivity contribution in [2.45, 2.75) is 38.6 Å². The third kappa shape index (κ3) is 2.74. The van der Waals surface area contributed by atoms with Crippen molar-refractivity contribution in [1.82, 2.24) is 9.78 Å². The van der Waals surface area contributed by atoms with Gasteiger partial charge in [-0.15, -0.1) is 0 Å². The Bertz CT molecular complexity index is 632. The van der Waals surface area contributed by atoms with Crippen molar-refractivity contribution >= 4 is 11.7 Å². The van der Waals surface area contributed by atoms with Crippen molar-refractivity contribution in [3.05, 3.63) is 47.7 Å². The molecule has 0 aliphatic heterocycles. The van der Waals surface area contributed by atoms with Crippen molar-refractivity contribution in [2.75, 3.05) is 5.32 Å². The highest BCUT2D eigenvalue weighted by molar-refractivity contribution is 6.03. The van der Waals surface area contributed by atoms with Crippen molar-refractivity contribution in [1.29, 1.82) is 0 Å². The maximum atomic E-state index is 12.2. The SMILES string of the molecule is CC(C)c1cccc(C(=O)Nc2ccn(C3CC3)n2)c1.[HH]. The zero-order valence-electron chi connectivity index (χ0n) is 11.8. The minimum absolute atomic E-state index is 0. The monoisotopic (exact) mass is 271 g/mol. The first kappa shape index (κ1) is 12.9. The second kappa shape index (κ2) is 5.12. The summed E-state index contributed by atoms with van der Waals surface area (Å²) >= 11 is 0. The van der Waals surface area contributed by atoms with Crippen molar-refractivity contribution in [3.8, 4) is 0 Å². The zero-order valence-corrected chi connectivity index (χ0v) is 11.8. The van der Waals surface area contributed by atoms with Gasteiger partial charge in [0.2, 0.25) is 0 Å². The number of benzene rings is 1. The van der Waals surface area contributed by atoms with Crippen LogP contribution in [0.25, 0.3) is 0 Å². The number of nitrogens with zero attached hydrogens (tertiary/aromatic N) is 2. The van der Waals surface area contributed by atoms with Gasteiger partial charge in [-0.1, -0.05) is 26.0 Å². The molecule has 1 N–H and O–H groups in total. The van der Waals surface area contributed by atoms with Crippen LogP contribution >= 0.6 is 0 Å². The van der Waals surface area contributed by atoms with Crippen LogP contribution in [0.3, 0.4) is 0 Å². The number of aromatic nitrogens is 2. The molecule has 1 heterocycles. The van der Waals surface area contributed by atoms with Gasteiger partial charge in [-0.05, 0) is 36.5 Å². The molecule has 0 radical (unpaired) electrons. The molecule has 0 unspecified atom stereocenters. The zero-order chi connectivity index (χ0) is 14.1. The van der Waals surface area contributed by atoms with Crippen LogP contribution < -0.4 is 5.32 Å². The standard InChI is InChI=1S/C16H19N3O.H2/c1-11(2)12-4-3-5-13(10-12)16(20)17-15-8-9-19(18-15)14-6-7-14;/h3-5,8-11,14H,6-7H2,1-2H3,(H,17,18,20);1H. The van der Waals surface area contributed by atoms with Gasteiger partial charge in [0.1, 0.15) is 0 Å². The van der Waals surface area contributed by atoms with E-state index >= 15 is 0 Å². The van der Waals surface area contributed by atoms with Crippen LogP contribution in [-0.2, 0) is 0 Å². The molecule has 0 bridgehead atoms. The Kier molecular flexibility index (Phi) is 3.30. The van der Waals surface area contributed by atoms with Crippen LogP contribution in [0.2, 0.25) is 0 Å². The van der Waals surface area contributed by atoms with E-state index in [2.05, 4.69) is 24.3 Å². The van der Waals surface area contributed by atoms with Crippen molar-refractivity contribution in [2.24, 2.45) is 0 Å². The Hall–Kier alpha value is -2.10. The number of amides is 1. The minimum atomic E-state index is -0.103. The Labute approximate surface area is 120 Å². The topological polar surface area (TPSA) is 46.9 Å². The number of rotatable bonds is 4. The molecule has 1 aliphatic rings. The summed E-state index contributed by atoms with van der Waals surface area (Å²) in [5.41, 5.74) is 1.85. The molecule has 2 aromatic rings. The van der Waals surface area contributed by atoms with Crippen LogP contribution in [0.5, 0.6) is 0 Å². The van der Waals surface area contributed by atoms with Gasteiger partial charge in [-0.25, -0.2) is 0 Å². The fraction of sp³-hybridized carbons (Fsp3) is 0.375. The molecule has 1 aromatic heterocycles. The predicted molar refractivity (Wildman–Crippen MR) is 81.1 cm³/mol. The molecule has 1 aromatic carbocycles. The van der Waals surface area contributed by atoms with Gasteiger partial charge in [0.05, 0.1) is 6.04 Å². The third-order valence-corrected chi connectivity index (χ3v) is 3.59. The van der Waals surface area contributed by atoms with Crippen molar-refractivity contribution in [3.63, 3.8) is 0 Å². The molecular weight excluding hydrogens is 250 g/mol. The van der Waals surface area contributed by atoms with Gasteiger partial charge in [0, 0.05) is 19.3 Å². The lowest BCUT2D eigenvalue weighted by Crippen LogP contribution is -2.13. The first-order valence-corrected chi connectivity index (χ1v) is 7.10. The maximum Gasteiger partial charge on any atom is 0.256 e. The normalized spacial score (nSPS) is 14.6. The van der Waals surface area contributed by atoms with E-state index in [4.69, 9.17) is 0 Å². The molecule has 1 saturated carbocycles. The lowest BCUT2D eigenvalue weighted by molar-refractivity contribution is 0.102. The van der Waals surface area contributed by atoms with Gasteiger partial charge in [-0.3, -0.25) is 9.48 Å². The number of carbonyl (C=O) groups excluding carboxylic acids is 1. The van der Waals surface area contributed by atoms with Crippen LogP contribution in [0.15, 0.2) is 36.5 Å². The van der Waals surface area contributed by atoms with E-state index in [0.29, 0.717) is 23.3 Å². The first-order valence-electron chi connectivity index (χ1n) is 7.10. The van der Waals surface area contributed by atoms with Crippen LogP contribution in [-0.4, -0.2) is 15.7 Å². The molecule has 20 heavy (non-hydrogen) atoms. The largest absolute Gasteiger partial charge is 0.305 e. The van der Waals surface area contributed by atoms with E-state index in [0.717, 1.165) is 0 Å². The lowest BCUT2D eigenvalue weighted by Gasteiger charge is -2.07. The van der Waals surface area contributed by atoms with E-state index < -0.39 is 0 Å². The summed E-state index contributed by atoms with van der Waals surface area (Å²) in [5, 5.41) is 7.24. The molecule has 4 nitrogen and oxygen atoms in total. The van der Waals surface area contributed by atoms with E-state index in [-0.39, 0.29) is 7.33 Å². The molecule has 4 heteroatoms. The number of anilines is 1. The van der Waals surface area contributed by atoms with Gasteiger partial charge in [0.15, 0.2) is 5.82 Å². The molecule has 0 spiro atoms. The summed E-state index contributed by atoms with van der Waals surface area (Å²) in [5.74, 6) is 0.933. The summed E-state index contributed by atoms with van der Waals surface area (Å²) in [6.07, 6.45) is 4.30. The second-order valence-electron chi connectivity index (χ2n) is 5.65. The van der Waals surface area contributed by atoms with E-state index in [1.54, 1.807) is 0 Å². The Balaban J connectivity index is 0.00000161. The maximum absolute atomic E-state index is 12.2. The third-order valence-electron chi connectivity index (χ3n) is 3.59. The Morgan fingerprint density at radius 2 is 2.20 bits per heavy atom. The lowest BCUT2D eigenvalue weighted by atomic mass is 10.0. The summed E-state index contributed by atoms with van der Waals surface area (Å²) in [4.78, 5) is 12.2. The highest BCUT2D eigenvalue weighted by Gasteiger charge is 2.24. The summed E-state index contributed by atoms with van der Waals surface area (Å²) in [6, 6.07) is 10.1. The number of carbonyl (C=O) groups is 1. The van der Waals surface area contributed by atoms with Crippen LogP contribution in [0.4, 0.5) is 5.82 Å². The van der Waals surface area contributed by atoms with Crippen LogP contribution in [0.1, 0.15) is 56.0 Å². The fourth-order valence-electron chi connectivity index (χ4n) is 2.17. The molecule has 3 rings (SSSR count). The summed E-state index contributed by atoms with van der Waals surface area (Å²) in [7, 11) is 0. The molecular formula is C16H21N3O. The second-order valence-corrected chi connectivity index (χ2v) is 5.65. The molecule has 1 fully saturated rings. The number of hydrogen-bond donors (Lipinski definition) is 1. The predicted octanol–water partition coefficient (Wildman–Crippen LogP) is 3.84. The highest BCUT2D eigenvalue weighted by atomic mass is 16.1. The highest BCUT2D eigenvalue weighted by Crippen LogP contribution is 2.34. The molecule has 0 saturated heterocycles. The van der Waals surface area contributed by atoms with Crippen molar-refractivity contribution < 1.29 is 6.22 Å². The minimum Gasteiger partial charge on any atom is -0.305 e. The average molecular weight is 271 g/mol. The molecule has 0 atom stereocenters. The fourth-order valence-corrected chi connectivity index (χ4v) is 2.17. The van der Waals surface area contributed by atoms with Gasteiger partial charge < -0.3 is 5.32 Å². The van der Waals surface area contributed by atoms with E-state index in [9.17, 15) is 4.79 Å². The summed E-state index contributed by atoms with van der Waals surface area (Å²) in [6.45, 7) is 4.24. The van der Waals surface area contributed by atoms with Crippen LogP contribution in [0, 0.1) is 0 Å². The van der Waals surface area contributed by atoms with Gasteiger partial charge in [-0.2, -0.15) is 5.10 Å². The number of nitrogens with one attached hydrogen (secondary N) is 1. The first-order chi connectivity index (χ1) is 9.63. The van der Waals surface area contributed by atoms with E-state index in [1.807, 2.05) is 41.2 Å². The molecule has 1 amide bonds. The Morgan fingerprint density at radius 1 is 1.40 bits per heavy atom. The van der Waals surface area contributed by atoms with Gasteiger partial charge >= 0.3 is 0 Å². The average Bonchev–Trinajstić information content (AvgIpc) is 3.20. The van der Waals surface area contributed by atoms with E-state index in [1.165, 1.54) is 18.4 Å². The summed E-state index contributed by atoms with van der Waals surface area (Å²) < 4.78 is 1.93. The Morgan fingerprint density at radius 3 is 2.90 bits per heavy atom. The molecule has 106 valence electrons. The smallest absolute Gasteiger partial charge is 0.256 e.